The molecule has 6 heteroatoms. The second-order valence-electron chi connectivity index (χ2n) is 3.68. The lowest BCUT2D eigenvalue weighted by molar-refractivity contribution is 0.220. The molecule has 3 nitrogen and oxygen atoms in total. The molecule has 0 fully saturated rings. The van der Waals surface area contributed by atoms with Crippen LogP contribution in [0.25, 0.3) is 0 Å². The quantitative estimate of drug-likeness (QED) is 0.584. The Morgan fingerprint density at radius 2 is 2.19 bits per heavy atom. The first-order chi connectivity index (χ1) is 7.33. The molecule has 0 aliphatic carbocycles. The summed E-state index contributed by atoms with van der Waals surface area (Å²) in [5, 5.41) is 0. The summed E-state index contributed by atoms with van der Waals surface area (Å²) in [6, 6.07) is 6.00. The Morgan fingerprint density at radius 1 is 1.56 bits per heavy atom. The van der Waals surface area contributed by atoms with Crippen LogP contribution in [0.2, 0.25) is 0 Å². The average molecular weight is 277 g/mol. The number of nitrogens with two attached hydrogens (primary N) is 1. The molecule has 1 aromatic carbocycles. The first-order valence-electron chi connectivity index (χ1n) is 4.84. The van der Waals surface area contributed by atoms with E-state index < -0.39 is 11.8 Å². The second-order valence-corrected chi connectivity index (χ2v) is 8.80. The molecular formula is C10H16NO2PS2. The first-order valence-corrected chi connectivity index (χ1v) is 8.67. The van der Waals surface area contributed by atoms with E-state index in [-0.39, 0.29) is 6.54 Å². The van der Waals surface area contributed by atoms with Crippen molar-refractivity contribution < 1.29 is 9.42 Å². The lowest BCUT2D eigenvalue weighted by atomic mass is 10.0. The van der Waals surface area contributed by atoms with Gasteiger partial charge in [-0.25, -0.2) is 0 Å². The van der Waals surface area contributed by atoms with E-state index in [0.29, 0.717) is 0 Å². The number of thiol groups is 1. The smallest absolute Gasteiger partial charge is 0.242 e. The molecule has 0 aliphatic rings. The molecule has 0 bridgehead atoms. The standard InChI is InChI=1S/C10H16NO2PS2/c1-7-3-4-8(2)9(5-7)10(6-11)13-14(12,15)16/h3-5,10H,6,11H2,1-2H3,(H2,12,15,16). The lowest BCUT2D eigenvalue weighted by Crippen LogP contribution is -2.15. The minimum atomic E-state index is -2.99. The summed E-state index contributed by atoms with van der Waals surface area (Å²) in [5.74, 6) is 0. The molecular weight excluding hydrogens is 261 g/mol. The molecule has 0 aliphatic heterocycles. The number of hydrogen-bond donors (Lipinski definition) is 3. The molecule has 0 aromatic heterocycles. The highest BCUT2D eigenvalue weighted by Gasteiger charge is 2.19. The predicted molar refractivity (Wildman–Crippen MR) is 74.3 cm³/mol. The van der Waals surface area contributed by atoms with Crippen LogP contribution >= 0.6 is 17.9 Å². The molecule has 1 aromatic rings. The van der Waals surface area contributed by atoms with Gasteiger partial charge in [0.25, 0.3) is 0 Å². The van der Waals surface area contributed by atoms with Gasteiger partial charge in [-0.05, 0) is 36.8 Å². The summed E-state index contributed by atoms with van der Waals surface area (Å²) in [6.45, 7) is 4.23. The van der Waals surface area contributed by atoms with E-state index >= 15 is 0 Å². The lowest BCUT2D eigenvalue weighted by Gasteiger charge is -2.21. The van der Waals surface area contributed by atoms with Crippen molar-refractivity contribution in [2.75, 3.05) is 6.54 Å². The molecule has 0 amide bonds. The van der Waals surface area contributed by atoms with Crippen LogP contribution in [0.15, 0.2) is 18.2 Å². The minimum absolute atomic E-state index is 0.268. The van der Waals surface area contributed by atoms with E-state index in [4.69, 9.17) is 22.1 Å². The minimum Gasteiger partial charge on any atom is -0.338 e. The van der Waals surface area contributed by atoms with Crippen molar-refractivity contribution in [1.29, 1.82) is 0 Å². The van der Waals surface area contributed by atoms with Gasteiger partial charge in [-0.2, -0.15) is 0 Å². The van der Waals surface area contributed by atoms with Crippen LogP contribution in [-0.4, -0.2) is 11.4 Å². The van der Waals surface area contributed by atoms with Crippen LogP contribution in [0.5, 0.6) is 0 Å². The van der Waals surface area contributed by atoms with Crippen LogP contribution in [0.4, 0.5) is 0 Å². The van der Waals surface area contributed by atoms with Crippen LogP contribution in [0.1, 0.15) is 22.8 Å². The molecule has 0 saturated heterocycles. The van der Waals surface area contributed by atoms with Gasteiger partial charge in [0.05, 0.1) is 0 Å². The number of hydrogen-bond acceptors (Lipinski definition) is 3. The molecule has 0 radical (unpaired) electrons. The van der Waals surface area contributed by atoms with E-state index in [2.05, 4.69) is 12.2 Å². The van der Waals surface area contributed by atoms with Crippen molar-refractivity contribution in [3.63, 3.8) is 0 Å². The fourth-order valence-electron chi connectivity index (χ4n) is 1.50. The molecule has 1 rings (SSSR count). The zero-order valence-electron chi connectivity index (χ0n) is 9.25. The van der Waals surface area contributed by atoms with Gasteiger partial charge in [0.1, 0.15) is 6.10 Å². The van der Waals surface area contributed by atoms with Gasteiger partial charge in [-0.1, -0.05) is 36.0 Å². The summed E-state index contributed by atoms with van der Waals surface area (Å²) in [7, 11) is 0. The van der Waals surface area contributed by atoms with Gasteiger partial charge in [0.2, 0.25) is 5.69 Å². The van der Waals surface area contributed by atoms with Crippen molar-refractivity contribution in [3.05, 3.63) is 34.9 Å². The second kappa shape index (κ2) is 5.63. The Hall–Kier alpha value is 0.1000. The topological polar surface area (TPSA) is 55.5 Å². The van der Waals surface area contributed by atoms with E-state index in [1.807, 2.05) is 32.0 Å². The number of rotatable bonds is 4. The third-order valence-electron chi connectivity index (χ3n) is 2.26. The Bertz CT molecular complexity index is 419. The van der Waals surface area contributed by atoms with E-state index in [1.54, 1.807) is 0 Å². The van der Waals surface area contributed by atoms with E-state index in [0.717, 1.165) is 16.7 Å². The predicted octanol–water partition coefficient (Wildman–Crippen LogP) is 2.47. The molecule has 2 unspecified atom stereocenters. The zero-order chi connectivity index (χ0) is 12.3. The van der Waals surface area contributed by atoms with Crippen LogP contribution < -0.4 is 5.73 Å². The van der Waals surface area contributed by atoms with E-state index in [1.165, 1.54) is 0 Å². The SMILES string of the molecule is Cc1ccc(C)c(C(CN)OP(O)(=S)S)c1. The van der Waals surface area contributed by atoms with Crippen LogP contribution in [-0.2, 0) is 16.3 Å². The first kappa shape index (κ1) is 14.2. The number of benzene rings is 1. The van der Waals surface area contributed by atoms with Gasteiger partial charge < -0.3 is 15.2 Å². The van der Waals surface area contributed by atoms with Gasteiger partial charge >= 0.3 is 0 Å². The molecule has 0 heterocycles. The summed E-state index contributed by atoms with van der Waals surface area (Å²) in [5.41, 5.74) is 5.79. The number of aryl methyl sites for hydroxylation is 2. The normalized spacial score (nSPS) is 16.8. The third-order valence-corrected chi connectivity index (χ3v) is 3.33. The molecule has 3 N–H and O–H groups in total. The van der Waals surface area contributed by atoms with Gasteiger partial charge in [-0.15, -0.1) is 0 Å². The highest BCUT2D eigenvalue weighted by molar-refractivity contribution is 8.59. The fourth-order valence-corrected chi connectivity index (χ4v) is 2.68. The van der Waals surface area contributed by atoms with Crippen molar-refractivity contribution in [1.82, 2.24) is 0 Å². The van der Waals surface area contributed by atoms with Crippen molar-refractivity contribution in [3.8, 4) is 0 Å². The molecule has 0 spiro atoms. The van der Waals surface area contributed by atoms with Crippen molar-refractivity contribution >= 4 is 29.7 Å². The summed E-state index contributed by atoms with van der Waals surface area (Å²) in [6.07, 6.45) is -0.395. The average Bonchev–Trinajstić information content (AvgIpc) is 2.17. The van der Waals surface area contributed by atoms with E-state index in [9.17, 15) is 4.89 Å². The van der Waals surface area contributed by atoms with Crippen molar-refractivity contribution in [2.45, 2.75) is 20.0 Å². The Kier molecular flexibility index (Phi) is 4.98. The summed E-state index contributed by atoms with van der Waals surface area (Å²) < 4.78 is 5.33. The Morgan fingerprint density at radius 3 is 2.69 bits per heavy atom. The van der Waals surface area contributed by atoms with Crippen LogP contribution in [0, 0.1) is 13.8 Å². The summed E-state index contributed by atoms with van der Waals surface area (Å²) in [4.78, 5) is 9.45. The fraction of sp³-hybridized carbons (Fsp3) is 0.400. The maximum absolute atomic E-state index is 9.45. The van der Waals surface area contributed by atoms with Gasteiger partial charge in [0, 0.05) is 6.54 Å². The molecule has 90 valence electrons. The van der Waals surface area contributed by atoms with Crippen molar-refractivity contribution in [2.24, 2.45) is 5.73 Å². The molecule has 16 heavy (non-hydrogen) atoms. The molecule has 2 atom stereocenters. The molecule has 0 saturated carbocycles. The van der Waals surface area contributed by atoms with Gasteiger partial charge in [0.15, 0.2) is 0 Å². The van der Waals surface area contributed by atoms with Gasteiger partial charge in [-0.3, -0.25) is 0 Å². The largest absolute Gasteiger partial charge is 0.338 e. The monoisotopic (exact) mass is 277 g/mol. The maximum Gasteiger partial charge on any atom is 0.242 e. The highest BCUT2D eigenvalue weighted by Crippen LogP contribution is 2.51. The Balaban J connectivity index is 3.03. The summed E-state index contributed by atoms with van der Waals surface area (Å²) >= 11 is 8.62. The van der Waals surface area contributed by atoms with Crippen LogP contribution in [0.3, 0.4) is 0 Å². The third kappa shape index (κ3) is 4.17. The maximum atomic E-state index is 9.45. The zero-order valence-corrected chi connectivity index (χ0v) is 11.9. The highest BCUT2D eigenvalue weighted by atomic mass is 32.9. The Labute approximate surface area is 106 Å².